The first kappa shape index (κ1) is 31.2. The highest BCUT2D eigenvalue weighted by molar-refractivity contribution is 6.43. The van der Waals surface area contributed by atoms with E-state index in [9.17, 15) is 9.59 Å². The smallest absolute Gasteiger partial charge is 0.425 e. The molecule has 1 unspecified atom stereocenters. The van der Waals surface area contributed by atoms with E-state index >= 15 is 0 Å². The Labute approximate surface area is 253 Å². The van der Waals surface area contributed by atoms with E-state index in [1.165, 1.54) is 5.01 Å². The second-order valence-corrected chi connectivity index (χ2v) is 11.6. The zero-order valence-corrected chi connectivity index (χ0v) is 25.9. The molecule has 2 heterocycles. The van der Waals surface area contributed by atoms with E-state index in [0.29, 0.717) is 35.2 Å². The largest absolute Gasteiger partial charge is 0.494 e. The van der Waals surface area contributed by atoms with Gasteiger partial charge < -0.3 is 14.4 Å². The maximum atomic E-state index is 13.1. The molecule has 11 heteroatoms. The van der Waals surface area contributed by atoms with Crippen LogP contribution in [0.2, 0.25) is 10.0 Å². The summed E-state index contributed by atoms with van der Waals surface area (Å²) in [5.41, 5.74) is 5.53. The van der Waals surface area contributed by atoms with Gasteiger partial charge in [-0.15, -0.1) is 0 Å². The summed E-state index contributed by atoms with van der Waals surface area (Å²) in [4.78, 5) is 31.9. The molecule has 2 aliphatic heterocycles. The quantitative estimate of drug-likeness (QED) is 0.270. The van der Waals surface area contributed by atoms with E-state index in [1.807, 2.05) is 50.2 Å². The standard InChI is InChI=1S/C30H41Cl2N5O4/c1-21(2)29(41-30(39)34(4)33-3)37-26-20-23(12-10-22(26)11-13-27(37)38)40-19-6-5-14-35-15-17-36(18-16-35)25-9-7-8-24(31)28(25)32/h7-10,12,20-21,29,33H,5-6,11,13-19H2,1-4H3. The molecule has 1 N–H and O–H groups in total. The number of anilines is 2. The van der Waals surface area contributed by atoms with Crippen molar-refractivity contribution in [3.05, 3.63) is 52.0 Å². The molecule has 4 rings (SSSR count). The molecule has 9 nitrogen and oxygen atoms in total. The topological polar surface area (TPSA) is 77.6 Å². The number of hydrogen-bond donors (Lipinski definition) is 1. The summed E-state index contributed by atoms with van der Waals surface area (Å²) >= 11 is 12.6. The van der Waals surface area contributed by atoms with Gasteiger partial charge in [0.05, 0.1) is 28.0 Å². The predicted molar refractivity (Wildman–Crippen MR) is 164 cm³/mol. The van der Waals surface area contributed by atoms with Gasteiger partial charge in [0, 0.05) is 58.7 Å². The van der Waals surface area contributed by atoms with Gasteiger partial charge in [-0.3, -0.25) is 14.6 Å². The molecular weight excluding hydrogens is 565 g/mol. The number of hydrazine groups is 1. The summed E-state index contributed by atoms with van der Waals surface area (Å²) < 4.78 is 11.9. The molecule has 2 aromatic carbocycles. The Hall–Kier alpha value is -2.72. The summed E-state index contributed by atoms with van der Waals surface area (Å²) in [5, 5.41) is 2.46. The van der Waals surface area contributed by atoms with E-state index in [1.54, 1.807) is 19.0 Å². The fraction of sp³-hybridized carbons (Fsp3) is 0.533. The van der Waals surface area contributed by atoms with E-state index in [0.717, 1.165) is 62.5 Å². The van der Waals surface area contributed by atoms with Crippen LogP contribution in [0.3, 0.4) is 0 Å². The molecule has 2 aliphatic rings. The molecule has 1 atom stereocenters. The van der Waals surface area contributed by atoms with Crippen LogP contribution in [0.5, 0.6) is 5.75 Å². The number of ether oxygens (including phenoxy) is 2. The lowest BCUT2D eigenvalue weighted by atomic mass is 9.98. The number of benzene rings is 2. The van der Waals surface area contributed by atoms with Gasteiger partial charge in [-0.05, 0) is 49.6 Å². The molecule has 1 saturated heterocycles. The lowest BCUT2D eigenvalue weighted by Crippen LogP contribution is -2.50. The Morgan fingerprint density at radius 3 is 2.51 bits per heavy atom. The highest BCUT2D eigenvalue weighted by Crippen LogP contribution is 2.35. The normalized spacial score (nSPS) is 16.5. The first-order valence-electron chi connectivity index (χ1n) is 14.3. The number of nitrogens with zero attached hydrogens (tertiary/aromatic N) is 4. The Morgan fingerprint density at radius 1 is 1.05 bits per heavy atom. The molecule has 224 valence electrons. The van der Waals surface area contributed by atoms with Crippen LogP contribution in [0.4, 0.5) is 16.2 Å². The lowest BCUT2D eigenvalue weighted by Gasteiger charge is -2.38. The van der Waals surface area contributed by atoms with E-state index < -0.39 is 12.3 Å². The number of rotatable bonds is 11. The highest BCUT2D eigenvalue weighted by Gasteiger charge is 2.35. The second kappa shape index (κ2) is 14.4. The van der Waals surface area contributed by atoms with Gasteiger partial charge >= 0.3 is 6.09 Å². The van der Waals surface area contributed by atoms with Crippen LogP contribution in [0.15, 0.2) is 36.4 Å². The second-order valence-electron chi connectivity index (χ2n) is 10.8. The predicted octanol–water partition coefficient (Wildman–Crippen LogP) is 5.44. The van der Waals surface area contributed by atoms with Crippen LogP contribution < -0.4 is 20.0 Å². The maximum absolute atomic E-state index is 13.1. The van der Waals surface area contributed by atoms with Crippen molar-refractivity contribution in [1.29, 1.82) is 0 Å². The van der Waals surface area contributed by atoms with Crippen LogP contribution >= 0.6 is 23.2 Å². The number of nitrogens with one attached hydrogen (secondary N) is 1. The molecule has 2 amide bonds. The van der Waals surface area contributed by atoms with Gasteiger partial charge in [-0.25, -0.2) is 15.2 Å². The van der Waals surface area contributed by atoms with Crippen LogP contribution in [-0.4, -0.2) is 81.6 Å². The molecular formula is C30H41Cl2N5O4. The first-order valence-corrected chi connectivity index (χ1v) is 15.1. The van der Waals surface area contributed by atoms with Crippen molar-refractivity contribution in [2.75, 3.05) is 63.2 Å². The van der Waals surface area contributed by atoms with Gasteiger partial charge in [0.2, 0.25) is 5.91 Å². The molecule has 0 bridgehead atoms. The minimum Gasteiger partial charge on any atom is -0.494 e. The zero-order chi connectivity index (χ0) is 29.5. The van der Waals surface area contributed by atoms with Crippen molar-refractivity contribution in [2.24, 2.45) is 5.92 Å². The van der Waals surface area contributed by atoms with E-state index in [2.05, 4.69) is 15.2 Å². The van der Waals surface area contributed by atoms with Crippen LogP contribution in [0, 0.1) is 5.92 Å². The number of hydrogen-bond acceptors (Lipinski definition) is 7. The number of aryl methyl sites for hydroxylation is 1. The number of carbonyl (C=O) groups excluding carboxylic acids is 2. The van der Waals surface area contributed by atoms with Gasteiger partial charge in [0.1, 0.15) is 5.75 Å². The Balaban J connectivity index is 1.28. The van der Waals surface area contributed by atoms with Gasteiger partial charge in [0.25, 0.3) is 0 Å². The van der Waals surface area contributed by atoms with Gasteiger partial charge in [0.15, 0.2) is 6.23 Å². The Kier molecular flexibility index (Phi) is 11.0. The number of fused-ring (bicyclic) bond motifs is 1. The molecule has 0 radical (unpaired) electrons. The van der Waals surface area contributed by atoms with Crippen molar-refractivity contribution in [3.63, 3.8) is 0 Å². The van der Waals surface area contributed by atoms with Crippen molar-refractivity contribution >= 4 is 46.6 Å². The third-order valence-corrected chi connectivity index (χ3v) is 8.44. The average Bonchev–Trinajstić information content (AvgIpc) is 2.97. The molecule has 41 heavy (non-hydrogen) atoms. The Bertz CT molecular complexity index is 1210. The number of halogens is 2. The van der Waals surface area contributed by atoms with Crippen LogP contribution in [0.25, 0.3) is 0 Å². The Morgan fingerprint density at radius 2 is 1.80 bits per heavy atom. The molecule has 0 aromatic heterocycles. The van der Waals surface area contributed by atoms with E-state index in [4.69, 9.17) is 32.7 Å². The van der Waals surface area contributed by atoms with Crippen molar-refractivity contribution in [2.45, 2.75) is 45.8 Å². The van der Waals surface area contributed by atoms with E-state index in [-0.39, 0.29) is 11.8 Å². The minimum atomic E-state index is -0.726. The third-order valence-electron chi connectivity index (χ3n) is 7.63. The molecule has 1 fully saturated rings. The molecule has 0 spiro atoms. The lowest BCUT2D eigenvalue weighted by molar-refractivity contribution is -0.121. The SMILES string of the molecule is CNN(C)C(=O)OC(C(C)C)N1C(=O)CCc2ccc(OCCCCN3CCN(c4cccc(Cl)c4Cl)CC3)cc21. The van der Waals surface area contributed by atoms with Crippen LogP contribution in [-0.2, 0) is 16.0 Å². The fourth-order valence-corrected chi connectivity index (χ4v) is 5.60. The van der Waals surface area contributed by atoms with Crippen molar-refractivity contribution in [1.82, 2.24) is 15.3 Å². The third kappa shape index (κ3) is 7.77. The highest BCUT2D eigenvalue weighted by atomic mass is 35.5. The summed E-state index contributed by atoms with van der Waals surface area (Å²) in [6.07, 6.45) is 1.69. The average molecular weight is 607 g/mol. The number of piperazine rings is 1. The number of unbranched alkanes of at least 4 members (excludes halogenated alkanes) is 1. The molecule has 0 aliphatic carbocycles. The zero-order valence-electron chi connectivity index (χ0n) is 24.4. The number of amides is 2. The molecule has 0 saturated carbocycles. The molecule has 2 aromatic rings. The van der Waals surface area contributed by atoms with Gasteiger partial charge in [-0.1, -0.05) is 49.2 Å². The minimum absolute atomic E-state index is 0.0639. The summed E-state index contributed by atoms with van der Waals surface area (Å²) in [5.74, 6) is 0.538. The van der Waals surface area contributed by atoms with Crippen LogP contribution in [0.1, 0.15) is 38.7 Å². The fourth-order valence-electron chi connectivity index (χ4n) is 5.18. The monoisotopic (exact) mass is 605 g/mol. The number of carbonyl (C=O) groups is 2. The maximum Gasteiger partial charge on any atom is 0.425 e. The van der Waals surface area contributed by atoms with Crippen molar-refractivity contribution < 1.29 is 19.1 Å². The van der Waals surface area contributed by atoms with Crippen molar-refractivity contribution in [3.8, 4) is 5.75 Å². The van der Waals surface area contributed by atoms with Gasteiger partial charge in [-0.2, -0.15) is 0 Å². The summed E-state index contributed by atoms with van der Waals surface area (Å²) in [7, 11) is 3.21. The summed E-state index contributed by atoms with van der Waals surface area (Å²) in [6, 6.07) is 11.6. The first-order chi connectivity index (χ1) is 19.7. The summed E-state index contributed by atoms with van der Waals surface area (Å²) in [6.45, 7) is 9.25.